The highest BCUT2D eigenvalue weighted by Gasteiger charge is 2.33. The molecule has 2 heterocycles. The molecule has 2 atom stereocenters. The third kappa shape index (κ3) is 3.32. The number of aliphatic imine (C=N–C) groups is 1. The van der Waals surface area contributed by atoms with Crippen molar-refractivity contribution in [3.63, 3.8) is 0 Å². The molecule has 0 saturated heterocycles. The predicted octanol–water partition coefficient (Wildman–Crippen LogP) is 1.24. The van der Waals surface area contributed by atoms with E-state index in [1.54, 1.807) is 0 Å². The lowest BCUT2D eigenvalue weighted by molar-refractivity contribution is 0.705. The van der Waals surface area contributed by atoms with Crippen LogP contribution in [-0.2, 0) is 6.42 Å². The summed E-state index contributed by atoms with van der Waals surface area (Å²) in [5.41, 5.74) is 0.903. The molecule has 6 heteroatoms. The van der Waals surface area contributed by atoms with Crippen molar-refractivity contribution in [3.8, 4) is 0 Å². The van der Waals surface area contributed by atoms with E-state index in [4.69, 9.17) is 0 Å². The molecule has 2 unspecified atom stereocenters. The van der Waals surface area contributed by atoms with E-state index in [9.17, 15) is 0 Å². The van der Waals surface area contributed by atoms with Gasteiger partial charge in [0.25, 0.3) is 0 Å². The number of nitrogens with one attached hydrogen (secondary N) is 2. The van der Waals surface area contributed by atoms with Crippen molar-refractivity contribution in [1.82, 2.24) is 25.2 Å². The number of hydrogen-bond acceptors (Lipinski definition) is 3. The summed E-state index contributed by atoms with van der Waals surface area (Å²) in [6, 6.07) is 6.54. The molecule has 112 valence electrons. The van der Waals surface area contributed by atoms with E-state index in [0.717, 1.165) is 42.7 Å². The molecular weight excluding hydrogens is 264 g/mol. The number of aromatic nitrogens is 3. The Balaban J connectivity index is 1.45. The minimum atomic E-state index is 0.594. The van der Waals surface area contributed by atoms with Crippen molar-refractivity contribution < 1.29 is 0 Å². The molecule has 2 aromatic rings. The molecule has 1 fully saturated rings. The van der Waals surface area contributed by atoms with Crippen LogP contribution >= 0.6 is 0 Å². The van der Waals surface area contributed by atoms with Crippen molar-refractivity contribution in [3.05, 3.63) is 30.2 Å². The van der Waals surface area contributed by atoms with Gasteiger partial charge < -0.3 is 10.6 Å². The lowest BCUT2D eigenvalue weighted by Gasteiger charge is -2.11. The fraction of sp³-hybridized carbons (Fsp3) is 0.533. The van der Waals surface area contributed by atoms with Crippen LogP contribution in [0.25, 0.3) is 5.65 Å². The van der Waals surface area contributed by atoms with Crippen molar-refractivity contribution in [2.45, 2.75) is 32.2 Å². The number of pyridine rings is 1. The number of nitrogens with zero attached hydrogens (tertiary/aromatic N) is 4. The van der Waals surface area contributed by atoms with Gasteiger partial charge in [0.2, 0.25) is 0 Å². The second-order valence-electron chi connectivity index (χ2n) is 5.61. The lowest BCUT2D eigenvalue weighted by atomic mass is 10.3. The van der Waals surface area contributed by atoms with Gasteiger partial charge in [-0.1, -0.05) is 13.0 Å². The summed E-state index contributed by atoms with van der Waals surface area (Å²) in [6.07, 6.45) is 5.14. The van der Waals surface area contributed by atoms with E-state index in [1.165, 1.54) is 6.42 Å². The zero-order valence-electron chi connectivity index (χ0n) is 12.6. The van der Waals surface area contributed by atoms with Crippen LogP contribution in [0.5, 0.6) is 0 Å². The van der Waals surface area contributed by atoms with Crippen molar-refractivity contribution in [2.24, 2.45) is 10.9 Å². The number of fused-ring (bicyclic) bond motifs is 1. The Hall–Kier alpha value is -2.11. The largest absolute Gasteiger partial charge is 0.356 e. The Morgan fingerprint density at radius 2 is 2.29 bits per heavy atom. The summed E-state index contributed by atoms with van der Waals surface area (Å²) in [5, 5.41) is 15.2. The van der Waals surface area contributed by atoms with E-state index in [-0.39, 0.29) is 0 Å². The van der Waals surface area contributed by atoms with Gasteiger partial charge >= 0.3 is 0 Å². The van der Waals surface area contributed by atoms with Gasteiger partial charge in [0.15, 0.2) is 11.6 Å². The van der Waals surface area contributed by atoms with Crippen LogP contribution in [-0.4, -0.2) is 40.2 Å². The van der Waals surface area contributed by atoms with Gasteiger partial charge in [-0.3, -0.25) is 9.39 Å². The molecule has 0 bridgehead atoms. The zero-order valence-corrected chi connectivity index (χ0v) is 12.6. The molecule has 1 aliphatic rings. The van der Waals surface area contributed by atoms with E-state index >= 15 is 0 Å². The van der Waals surface area contributed by atoms with Gasteiger partial charge in [0.1, 0.15) is 5.82 Å². The van der Waals surface area contributed by atoms with Gasteiger partial charge in [-0.2, -0.15) is 0 Å². The summed E-state index contributed by atoms with van der Waals surface area (Å²) in [4.78, 5) is 4.25. The first kappa shape index (κ1) is 13.9. The van der Waals surface area contributed by atoms with Gasteiger partial charge in [-0.25, -0.2) is 0 Å². The Morgan fingerprint density at radius 1 is 1.43 bits per heavy atom. The van der Waals surface area contributed by atoms with E-state index in [0.29, 0.717) is 6.04 Å². The summed E-state index contributed by atoms with van der Waals surface area (Å²) in [6.45, 7) is 3.13. The average Bonchev–Trinajstić information content (AvgIpc) is 3.05. The van der Waals surface area contributed by atoms with Crippen LogP contribution in [0, 0.1) is 5.92 Å². The number of hydrogen-bond donors (Lipinski definition) is 2. The Labute approximate surface area is 124 Å². The van der Waals surface area contributed by atoms with Crippen LogP contribution in [0.1, 0.15) is 25.6 Å². The Morgan fingerprint density at radius 3 is 3.05 bits per heavy atom. The van der Waals surface area contributed by atoms with Crippen molar-refractivity contribution >= 4 is 11.6 Å². The Kier molecular flexibility index (Phi) is 4.03. The van der Waals surface area contributed by atoms with Crippen LogP contribution in [0.15, 0.2) is 29.4 Å². The van der Waals surface area contributed by atoms with E-state index < -0.39 is 0 Å². The molecule has 1 aliphatic carbocycles. The molecule has 2 aromatic heterocycles. The van der Waals surface area contributed by atoms with Gasteiger partial charge in [-0.05, 0) is 30.9 Å². The quantitative estimate of drug-likeness (QED) is 0.493. The molecule has 21 heavy (non-hydrogen) atoms. The van der Waals surface area contributed by atoms with Crippen LogP contribution in [0.3, 0.4) is 0 Å². The monoisotopic (exact) mass is 286 g/mol. The van der Waals surface area contributed by atoms with Gasteiger partial charge in [-0.15, -0.1) is 10.2 Å². The highest BCUT2D eigenvalue weighted by Crippen LogP contribution is 2.28. The maximum Gasteiger partial charge on any atom is 0.191 e. The summed E-state index contributed by atoms with van der Waals surface area (Å²) in [5.74, 6) is 2.67. The maximum atomic E-state index is 4.25. The maximum absolute atomic E-state index is 4.25. The minimum Gasteiger partial charge on any atom is -0.356 e. The highest BCUT2D eigenvalue weighted by molar-refractivity contribution is 5.80. The fourth-order valence-electron chi connectivity index (χ4n) is 2.41. The molecule has 0 spiro atoms. The third-order valence-corrected chi connectivity index (χ3v) is 3.91. The molecule has 1 saturated carbocycles. The summed E-state index contributed by atoms with van der Waals surface area (Å²) >= 11 is 0. The van der Waals surface area contributed by atoms with Crippen LogP contribution < -0.4 is 10.6 Å². The first-order valence-corrected chi connectivity index (χ1v) is 7.54. The van der Waals surface area contributed by atoms with Crippen molar-refractivity contribution in [2.75, 3.05) is 13.6 Å². The van der Waals surface area contributed by atoms with E-state index in [1.807, 2.05) is 35.8 Å². The number of rotatable bonds is 5. The highest BCUT2D eigenvalue weighted by atomic mass is 15.2. The predicted molar refractivity (Wildman–Crippen MR) is 83.4 cm³/mol. The van der Waals surface area contributed by atoms with Crippen molar-refractivity contribution in [1.29, 1.82) is 0 Å². The Bertz CT molecular complexity index is 632. The molecule has 0 amide bonds. The molecular formula is C15H22N6. The smallest absolute Gasteiger partial charge is 0.191 e. The molecule has 6 nitrogen and oxygen atoms in total. The molecule has 0 aliphatic heterocycles. The van der Waals surface area contributed by atoms with Gasteiger partial charge in [0.05, 0.1) is 0 Å². The zero-order chi connectivity index (χ0) is 14.7. The van der Waals surface area contributed by atoms with Crippen LogP contribution in [0.2, 0.25) is 0 Å². The standard InChI is InChI=1S/C15H22N6/c1-11-10-12(11)18-15(16-2)17-8-5-7-14-20-19-13-6-3-4-9-21(13)14/h3-4,6,9,11-12H,5,7-8,10H2,1-2H3,(H2,16,17,18). The first-order chi connectivity index (χ1) is 10.3. The van der Waals surface area contributed by atoms with E-state index in [2.05, 4.69) is 32.7 Å². The molecule has 3 rings (SSSR count). The lowest BCUT2D eigenvalue weighted by Crippen LogP contribution is -2.39. The fourth-order valence-corrected chi connectivity index (χ4v) is 2.41. The molecule has 2 N–H and O–H groups in total. The SMILES string of the molecule is CN=C(NCCCc1nnc2ccccn12)NC1CC1C. The number of guanidine groups is 1. The summed E-state index contributed by atoms with van der Waals surface area (Å²) < 4.78 is 2.04. The normalized spacial score (nSPS) is 21.5. The second kappa shape index (κ2) is 6.11. The second-order valence-corrected chi connectivity index (χ2v) is 5.61. The first-order valence-electron chi connectivity index (χ1n) is 7.54. The third-order valence-electron chi connectivity index (χ3n) is 3.91. The molecule has 0 radical (unpaired) electrons. The average molecular weight is 286 g/mol. The summed E-state index contributed by atoms with van der Waals surface area (Å²) in [7, 11) is 1.81. The molecule has 0 aromatic carbocycles. The van der Waals surface area contributed by atoms with Gasteiger partial charge in [0, 0.05) is 32.3 Å². The minimum absolute atomic E-state index is 0.594. The topological polar surface area (TPSA) is 66.6 Å². The number of aryl methyl sites for hydroxylation is 1. The van der Waals surface area contributed by atoms with Crippen LogP contribution in [0.4, 0.5) is 0 Å².